The second kappa shape index (κ2) is 4.61. The van der Waals surface area contributed by atoms with Gasteiger partial charge in [0.15, 0.2) is 17.3 Å². The van der Waals surface area contributed by atoms with Gasteiger partial charge >= 0.3 is 0 Å². The molecule has 0 saturated carbocycles. The second-order valence-electron chi connectivity index (χ2n) is 2.61. The molecule has 86 valence electrons. The number of nitrogens with one attached hydrogen (secondary N) is 1. The third-order valence-electron chi connectivity index (χ3n) is 1.41. The molecule has 9 N–H and O–H groups in total. The highest BCUT2D eigenvalue weighted by atomic mass is 79.9. The summed E-state index contributed by atoms with van der Waals surface area (Å²) in [6.07, 6.45) is 0. The van der Waals surface area contributed by atoms with Gasteiger partial charge in [-0.25, -0.2) is 15.4 Å². The van der Waals surface area contributed by atoms with Crippen molar-refractivity contribution in [1.29, 1.82) is 0 Å². The van der Waals surface area contributed by atoms with E-state index in [0.717, 1.165) is 0 Å². The summed E-state index contributed by atoms with van der Waals surface area (Å²) in [7, 11) is 0. The average molecular weight is 289 g/mol. The summed E-state index contributed by atoms with van der Waals surface area (Å²) in [6, 6.07) is 0. The first-order chi connectivity index (χ1) is 7.41. The number of nitrogens with zero attached hydrogens (tertiary/aromatic N) is 3. The number of anilines is 2. The van der Waals surface area contributed by atoms with Gasteiger partial charge in [-0.05, 0) is 15.9 Å². The molecule has 0 saturated heterocycles. The standard InChI is InChI=1S/C6H9BrN8O/c7-2-4(9)13-3(8)1(12-2)5(16)14-15-6(10)11/h(H,14,16)(H4,8,9,13)(H4,10,11,15). The molecule has 1 amide bonds. The molecule has 0 aliphatic carbocycles. The van der Waals surface area contributed by atoms with Gasteiger partial charge in [-0.3, -0.25) is 4.79 Å². The molecule has 0 aromatic carbocycles. The Hall–Kier alpha value is -2.10. The molecule has 1 rings (SSSR count). The summed E-state index contributed by atoms with van der Waals surface area (Å²) in [6.45, 7) is 0. The Balaban J connectivity index is 3.00. The SMILES string of the molecule is NC(N)=NNC(=O)c1nc(Br)c(N)nc1N. The molecule has 9 nitrogen and oxygen atoms in total. The van der Waals surface area contributed by atoms with Crippen LogP contribution in [0.15, 0.2) is 9.70 Å². The van der Waals surface area contributed by atoms with Crippen LogP contribution in [0.25, 0.3) is 0 Å². The van der Waals surface area contributed by atoms with E-state index in [1.54, 1.807) is 0 Å². The first-order valence-electron chi connectivity index (χ1n) is 3.89. The molecule has 0 spiro atoms. The number of rotatable bonds is 2. The van der Waals surface area contributed by atoms with Gasteiger partial charge in [0.25, 0.3) is 5.91 Å². The van der Waals surface area contributed by atoms with Crippen molar-refractivity contribution in [2.24, 2.45) is 16.6 Å². The number of carbonyl (C=O) groups excluding carboxylic acids is 1. The fraction of sp³-hybridized carbons (Fsp3) is 0. The van der Waals surface area contributed by atoms with E-state index in [9.17, 15) is 4.79 Å². The van der Waals surface area contributed by atoms with E-state index in [4.69, 9.17) is 22.9 Å². The monoisotopic (exact) mass is 288 g/mol. The fourth-order valence-corrected chi connectivity index (χ4v) is 1.04. The van der Waals surface area contributed by atoms with Crippen molar-refractivity contribution in [2.75, 3.05) is 11.5 Å². The topological polar surface area (TPSA) is 171 Å². The lowest BCUT2D eigenvalue weighted by Crippen LogP contribution is -2.30. The molecule has 0 bridgehead atoms. The van der Waals surface area contributed by atoms with Crippen LogP contribution in [-0.4, -0.2) is 21.8 Å². The van der Waals surface area contributed by atoms with E-state index >= 15 is 0 Å². The molecule has 10 heteroatoms. The first-order valence-corrected chi connectivity index (χ1v) is 4.68. The largest absolute Gasteiger partial charge is 0.382 e. The molecule has 0 unspecified atom stereocenters. The van der Waals surface area contributed by atoms with Crippen molar-refractivity contribution in [3.05, 3.63) is 10.3 Å². The predicted molar refractivity (Wildman–Crippen MR) is 61.8 cm³/mol. The van der Waals surface area contributed by atoms with Crippen LogP contribution in [0.4, 0.5) is 11.6 Å². The van der Waals surface area contributed by atoms with Crippen molar-refractivity contribution in [3.63, 3.8) is 0 Å². The van der Waals surface area contributed by atoms with Crippen LogP contribution in [0.5, 0.6) is 0 Å². The lowest BCUT2D eigenvalue weighted by Gasteiger charge is -2.04. The maximum atomic E-state index is 11.5. The van der Waals surface area contributed by atoms with E-state index in [1.807, 2.05) is 5.43 Å². The third kappa shape index (κ3) is 2.70. The highest BCUT2D eigenvalue weighted by molar-refractivity contribution is 9.10. The highest BCUT2D eigenvalue weighted by Gasteiger charge is 2.15. The summed E-state index contributed by atoms with van der Waals surface area (Å²) in [5.41, 5.74) is 22.8. The van der Waals surface area contributed by atoms with E-state index in [2.05, 4.69) is 31.0 Å². The predicted octanol–water partition coefficient (Wildman–Crippen LogP) is -1.68. The number of nitrogens with two attached hydrogens (primary N) is 4. The maximum absolute atomic E-state index is 11.5. The summed E-state index contributed by atoms with van der Waals surface area (Å²) >= 11 is 3.01. The van der Waals surface area contributed by atoms with Crippen LogP contribution in [0.1, 0.15) is 10.5 Å². The first kappa shape index (κ1) is 12.0. The molecule has 0 radical (unpaired) electrons. The number of carbonyl (C=O) groups is 1. The van der Waals surface area contributed by atoms with E-state index in [1.165, 1.54) is 0 Å². The van der Waals surface area contributed by atoms with Crippen molar-refractivity contribution in [1.82, 2.24) is 15.4 Å². The van der Waals surface area contributed by atoms with Crippen LogP contribution in [0.2, 0.25) is 0 Å². The van der Waals surface area contributed by atoms with Crippen molar-refractivity contribution >= 4 is 39.4 Å². The number of hydrogen-bond donors (Lipinski definition) is 5. The number of amides is 1. The number of hydrazone groups is 1. The quantitative estimate of drug-likeness (QED) is 0.246. The number of hydrogen-bond acceptors (Lipinski definition) is 6. The molecule has 0 aliphatic heterocycles. The average Bonchev–Trinajstić information content (AvgIpc) is 2.20. The minimum Gasteiger partial charge on any atom is -0.382 e. The minimum absolute atomic E-state index is 0.0795. The number of aromatic nitrogens is 2. The van der Waals surface area contributed by atoms with Crippen molar-refractivity contribution < 1.29 is 4.79 Å². The van der Waals surface area contributed by atoms with Gasteiger partial charge in [-0.15, -0.1) is 5.10 Å². The van der Waals surface area contributed by atoms with Gasteiger partial charge in [-0.2, -0.15) is 0 Å². The molecule has 1 heterocycles. The fourth-order valence-electron chi connectivity index (χ4n) is 0.777. The summed E-state index contributed by atoms with van der Waals surface area (Å²) in [5.74, 6) is -1.03. The van der Waals surface area contributed by atoms with Crippen LogP contribution < -0.4 is 28.4 Å². The Bertz CT molecular complexity index is 454. The maximum Gasteiger partial charge on any atom is 0.293 e. The van der Waals surface area contributed by atoms with Gasteiger partial charge in [-0.1, -0.05) is 0 Å². The second-order valence-corrected chi connectivity index (χ2v) is 3.36. The van der Waals surface area contributed by atoms with Crippen LogP contribution in [0.3, 0.4) is 0 Å². The molecule has 0 aliphatic rings. The van der Waals surface area contributed by atoms with E-state index in [0.29, 0.717) is 0 Å². The zero-order valence-corrected chi connectivity index (χ0v) is 9.52. The Kier molecular flexibility index (Phi) is 3.45. The van der Waals surface area contributed by atoms with Crippen LogP contribution >= 0.6 is 15.9 Å². The zero-order valence-electron chi connectivity index (χ0n) is 7.94. The Labute approximate surface area is 98.4 Å². The molecule has 1 aromatic rings. The Morgan fingerprint density at radius 2 is 1.88 bits per heavy atom. The molecular weight excluding hydrogens is 280 g/mol. The van der Waals surface area contributed by atoms with Crippen LogP contribution in [0, 0.1) is 0 Å². The van der Waals surface area contributed by atoms with Crippen molar-refractivity contribution in [3.8, 4) is 0 Å². The Morgan fingerprint density at radius 3 is 2.44 bits per heavy atom. The summed E-state index contributed by atoms with van der Waals surface area (Å²) < 4.78 is 0.205. The van der Waals surface area contributed by atoms with E-state index in [-0.39, 0.29) is 27.9 Å². The number of nitrogen functional groups attached to an aromatic ring is 2. The normalized spacial score (nSPS) is 9.56. The lowest BCUT2D eigenvalue weighted by molar-refractivity contribution is 0.0950. The number of guanidine groups is 1. The van der Waals surface area contributed by atoms with Gasteiger partial charge in [0.1, 0.15) is 4.60 Å². The zero-order chi connectivity index (χ0) is 12.3. The van der Waals surface area contributed by atoms with E-state index < -0.39 is 5.91 Å². The van der Waals surface area contributed by atoms with Gasteiger partial charge in [0.05, 0.1) is 0 Å². The van der Waals surface area contributed by atoms with Gasteiger partial charge in [0.2, 0.25) is 5.96 Å². The lowest BCUT2D eigenvalue weighted by atomic mass is 10.4. The smallest absolute Gasteiger partial charge is 0.293 e. The van der Waals surface area contributed by atoms with Crippen LogP contribution in [-0.2, 0) is 0 Å². The number of halogens is 1. The molecule has 16 heavy (non-hydrogen) atoms. The Morgan fingerprint density at radius 1 is 1.25 bits per heavy atom. The molecular formula is C6H9BrN8O. The van der Waals surface area contributed by atoms with Gasteiger partial charge in [0, 0.05) is 0 Å². The summed E-state index contributed by atoms with van der Waals surface area (Å²) in [5, 5.41) is 3.30. The summed E-state index contributed by atoms with van der Waals surface area (Å²) in [4.78, 5) is 18.9. The van der Waals surface area contributed by atoms with Crippen molar-refractivity contribution in [2.45, 2.75) is 0 Å². The third-order valence-corrected chi connectivity index (χ3v) is 1.99. The molecule has 0 atom stereocenters. The highest BCUT2D eigenvalue weighted by Crippen LogP contribution is 2.17. The van der Waals surface area contributed by atoms with Gasteiger partial charge < -0.3 is 22.9 Å². The minimum atomic E-state index is -0.695. The molecule has 0 fully saturated rings. The molecule has 1 aromatic heterocycles.